The normalized spacial score (nSPS) is 10.6. The minimum absolute atomic E-state index is 0.597. The molecular formula is C15H26ClN3. The predicted octanol–water partition coefficient (Wildman–Crippen LogP) is 4.87. The van der Waals surface area contributed by atoms with Crippen LogP contribution in [0.3, 0.4) is 0 Å². The van der Waals surface area contributed by atoms with Gasteiger partial charge < -0.3 is 11.1 Å². The SMILES string of the molecule is CCCCCCCCCCNc1ncc(N)cc1Cl. The Morgan fingerprint density at radius 3 is 2.37 bits per heavy atom. The monoisotopic (exact) mass is 283 g/mol. The molecule has 0 saturated heterocycles. The standard InChI is InChI=1S/C15H26ClN3/c1-2-3-4-5-6-7-8-9-10-18-15-14(16)11-13(17)12-19-15/h11-12H,2-10,17H2,1H3,(H,18,19). The molecule has 1 heterocycles. The van der Waals surface area contributed by atoms with Crippen LogP contribution in [-0.2, 0) is 0 Å². The summed E-state index contributed by atoms with van der Waals surface area (Å²) in [4.78, 5) is 4.18. The maximum Gasteiger partial charge on any atom is 0.144 e. The van der Waals surface area contributed by atoms with Gasteiger partial charge in [0.05, 0.1) is 16.9 Å². The zero-order chi connectivity index (χ0) is 13.9. The van der Waals surface area contributed by atoms with Crippen LogP contribution in [0.4, 0.5) is 11.5 Å². The zero-order valence-corrected chi connectivity index (χ0v) is 12.7. The lowest BCUT2D eigenvalue weighted by molar-refractivity contribution is 0.581. The third-order valence-electron chi connectivity index (χ3n) is 3.19. The van der Waals surface area contributed by atoms with Crippen LogP contribution in [0.1, 0.15) is 58.3 Å². The summed E-state index contributed by atoms with van der Waals surface area (Å²) in [5, 5.41) is 3.85. The molecule has 3 N–H and O–H groups in total. The first-order valence-electron chi connectivity index (χ1n) is 7.39. The number of unbranched alkanes of at least 4 members (excludes halogenated alkanes) is 7. The molecule has 19 heavy (non-hydrogen) atoms. The zero-order valence-electron chi connectivity index (χ0n) is 11.9. The van der Waals surface area contributed by atoms with Crippen molar-refractivity contribution in [2.24, 2.45) is 0 Å². The van der Waals surface area contributed by atoms with Crippen molar-refractivity contribution in [1.29, 1.82) is 0 Å². The lowest BCUT2D eigenvalue weighted by Crippen LogP contribution is -2.04. The van der Waals surface area contributed by atoms with Gasteiger partial charge in [0.15, 0.2) is 0 Å². The Balaban J connectivity index is 2.01. The number of nitrogens with one attached hydrogen (secondary N) is 1. The highest BCUT2D eigenvalue weighted by atomic mass is 35.5. The predicted molar refractivity (Wildman–Crippen MR) is 84.8 cm³/mol. The molecule has 0 aliphatic rings. The molecule has 0 aliphatic carbocycles. The number of nitrogens with two attached hydrogens (primary N) is 1. The van der Waals surface area contributed by atoms with E-state index >= 15 is 0 Å². The van der Waals surface area contributed by atoms with E-state index in [0.717, 1.165) is 18.8 Å². The van der Waals surface area contributed by atoms with E-state index in [0.29, 0.717) is 10.7 Å². The summed E-state index contributed by atoms with van der Waals surface area (Å²) in [5.74, 6) is 0.735. The molecule has 0 atom stereocenters. The van der Waals surface area contributed by atoms with Crippen LogP contribution in [0.5, 0.6) is 0 Å². The van der Waals surface area contributed by atoms with Crippen molar-refractivity contribution < 1.29 is 0 Å². The van der Waals surface area contributed by atoms with Gasteiger partial charge >= 0.3 is 0 Å². The minimum Gasteiger partial charge on any atom is -0.397 e. The first-order chi connectivity index (χ1) is 9.24. The largest absolute Gasteiger partial charge is 0.397 e. The number of halogens is 1. The van der Waals surface area contributed by atoms with E-state index in [1.807, 2.05) is 0 Å². The van der Waals surface area contributed by atoms with Gasteiger partial charge in [0.25, 0.3) is 0 Å². The van der Waals surface area contributed by atoms with Crippen LogP contribution in [0, 0.1) is 0 Å². The maximum absolute atomic E-state index is 6.04. The molecule has 3 nitrogen and oxygen atoms in total. The number of anilines is 2. The van der Waals surface area contributed by atoms with Crippen molar-refractivity contribution in [3.05, 3.63) is 17.3 Å². The molecule has 0 amide bonds. The summed E-state index contributed by atoms with van der Waals surface area (Å²) >= 11 is 6.04. The third-order valence-corrected chi connectivity index (χ3v) is 3.47. The lowest BCUT2D eigenvalue weighted by atomic mass is 10.1. The Kier molecular flexibility index (Phi) is 8.39. The van der Waals surface area contributed by atoms with E-state index in [-0.39, 0.29) is 0 Å². The van der Waals surface area contributed by atoms with Gasteiger partial charge in [-0.1, -0.05) is 63.5 Å². The molecule has 108 valence electrons. The quantitative estimate of drug-likeness (QED) is 0.602. The molecule has 0 spiro atoms. The number of nitrogen functional groups attached to an aromatic ring is 1. The summed E-state index contributed by atoms with van der Waals surface area (Å²) in [6, 6.07) is 1.73. The molecule has 1 rings (SSSR count). The Labute approximate surface area is 121 Å². The number of rotatable bonds is 10. The molecule has 0 fully saturated rings. The highest BCUT2D eigenvalue weighted by Crippen LogP contribution is 2.21. The number of hydrogen-bond donors (Lipinski definition) is 2. The molecule has 0 aliphatic heterocycles. The summed E-state index contributed by atoms with van der Waals surface area (Å²) < 4.78 is 0. The van der Waals surface area contributed by atoms with Crippen LogP contribution in [-0.4, -0.2) is 11.5 Å². The van der Waals surface area contributed by atoms with E-state index in [1.165, 1.54) is 44.9 Å². The second-order valence-corrected chi connectivity index (χ2v) is 5.41. The second kappa shape index (κ2) is 9.90. The topological polar surface area (TPSA) is 50.9 Å². The molecule has 0 radical (unpaired) electrons. The van der Waals surface area contributed by atoms with Crippen molar-refractivity contribution >= 4 is 23.1 Å². The first kappa shape index (κ1) is 16.1. The molecule has 1 aromatic heterocycles. The molecule has 0 aromatic carbocycles. The first-order valence-corrected chi connectivity index (χ1v) is 7.76. The average Bonchev–Trinajstić information content (AvgIpc) is 2.39. The third kappa shape index (κ3) is 7.26. The fourth-order valence-corrected chi connectivity index (χ4v) is 2.29. The lowest BCUT2D eigenvalue weighted by Gasteiger charge is -2.07. The molecule has 4 heteroatoms. The maximum atomic E-state index is 6.04. The summed E-state index contributed by atoms with van der Waals surface area (Å²) in [7, 11) is 0. The van der Waals surface area contributed by atoms with Crippen LogP contribution in [0.15, 0.2) is 12.3 Å². The van der Waals surface area contributed by atoms with Gasteiger partial charge in [0, 0.05) is 6.54 Å². The Bertz CT molecular complexity index is 355. The van der Waals surface area contributed by atoms with Crippen molar-refractivity contribution in [2.75, 3.05) is 17.6 Å². The van der Waals surface area contributed by atoms with E-state index in [4.69, 9.17) is 17.3 Å². The highest BCUT2D eigenvalue weighted by molar-refractivity contribution is 6.33. The van der Waals surface area contributed by atoms with Crippen LogP contribution in [0.25, 0.3) is 0 Å². The Hall–Kier alpha value is -0.960. The van der Waals surface area contributed by atoms with Crippen LogP contribution >= 0.6 is 11.6 Å². The van der Waals surface area contributed by atoms with Crippen LogP contribution < -0.4 is 11.1 Å². The fraction of sp³-hybridized carbons (Fsp3) is 0.667. The molecule has 0 bridgehead atoms. The van der Waals surface area contributed by atoms with Crippen LogP contribution in [0.2, 0.25) is 5.02 Å². The molecule has 0 unspecified atom stereocenters. The smallest absolute Gasteiger partial charge is 0.144 e. The number of aromatic nitrogens is 1. The molecular weight excluding hydrogens is 258 g/mol. The van der Waals surface area contributed by atoms with Gasteiger partial charge in [-0.15, -0.1) is 0 Å². The van der Waals surface area contributed by atoms with Gasteiger partial charge in [0.2, 0.25) is 0 Å². The van der Waals surface area contributed by atoms with Crippen molar-refractivity contribution in [3.8, 4) is 0 Å². The Morgan fingerprint density at radius 2 is 1.74 bits per heavy atom. The van der Waals surface area contributed by atoms with E-state index in [9.17, 15) is 0 Å². The van der Waals surface area contributed by atoms with Gasteiger partial charge in [-0.25, -0.2) is 4.98 Å². The van der Waals surface area contributed by atoms with Crippen molar-refractivity contribution in [1.82, 2.24) is 4.98 Å². The average molecular weight is 284 g/mol. The van der Waals surface area contributed by atoms with Crippen molar-refractivity contribution in [2.45, 2.75) is 58.3 Å². The molecule has 0 saturated carbocycles. The van der Waals surface area contributed by atoms with Gasteiger partial charge in [-0.05, 0) is 12.5 Å². The van der Waals surface area contributed by atoms with Gasteiger partial charge in [-0.3, -0.25) is 0 Å². The van der Waals surface area contributed by atoms with Gasteiger partial charge in [-0.2, -0.15) is 0 Å². The summed E-state index contributed by atoms with van der Waals surface area (Å²) in [5.41, 5.74) is 6.20. The fourth-order valence-electron chi connectivity index (χ4n) is 2.05. The number of pyridine rings is 1. The minimum atomic E-state index is 0.597. The van der Waals surface area contributed by atoms with E-state index in [1.54, 1.807) is 12.3 Å². The number of nitrogens with zero attached hydrogens (tertiary/aromatic N) is 1. The number of hydrogen-bond acceptors (Lipinski definition) is 3. The highest BCUT2D eigenvalue weighted by Gasteiger charge is 2.01. The second-order valence-electron chi connectivity index (χ2n) is 5.00. The van der Waals surface area contributed by atoms with E-state index < -0.39 is 0 Å². The summed E-state index contributed by atoms with van der Waals surface area (Å²) in [6.07, 6.45) is 12.2. The summed E-state index contributed by atoms with van der Waals surface area (Å²) in [6.45, 7) is 3.17. The van der Waals surface area contributed by atoms with Gasteiger partial charge in [0.1, 0.15) is 5.82 Å². The Morgan fingerprint density at radius 1 is 1.11 bits per heavy atom. The van der Waals surface area contributed by atoms with E-state index in [2.05, 4.69) is 17.2 Å². The van der Waals surface area contributed by atoms with Crippen molar-refractivity contribution in [3.63, 3.8) is 0 Å². The molecule has 1 aromatic rings.